The molecule has 0 aromatic heterocycles. The van der Waals surface area contributed by atoms with Crippen molar-refractivity contribution in [2.75, 3.05) is 18.4 Å². The topological polar surface area (TPSA) is 32.3 Å². The summed E-state index contributed by atoms with van der Waals surface area (Å²) in [4.78, 5) is 14.8. The number of aryl methyl sites for hydroxylation is 1. The van der Waals surface area contributed by atoms with Crippen LogP contribution in [0.15, 0.2) is 54.6 Å². The van der Waals surface area contributed by atoms with Gasteiger partial charge in [0, 0.05) is 18.8 Å². The van der Waals surface area contributed by atoms with Crippen LogP contribution in [0.3, 0.4) is 0 Å². The van der Waals surface area contributed by atoms with Crippen LogP contribution in [0.2, 0.25) is 0 Å². The van der Waals surface area contributed by atoms with E-state index in [9.17, 15) is 4.79 Å². The second-order valence-corrected chi connectivity index (χ2v) is 5.55. The third-order valence-electron chi connectivity index (χ3n) is 4.10. The molecule has 0 aliphatic rings. The minimum atomic E-state index is -0.358. The summed E-state index contributed by atoms with van der Waals surface area (Å²) >= 11 is 0. The molecule has 3 heteroatoms. The summed E-state index contributed by atoms with van der Waals surface area (Å²) in [5, 5.41) is 3.43. The van der Waals surface area contributed by atoms with Gasteiger partial charge in [-0.15, -0.1) is 0 Å². The highest BCUT2D eigenvalue weighted by Gasteiger charge is 2.24. The summed E-state index contributed by atoms with van der Waals surface area (Å²) in [7, 11) is 0. The Bertz CT molecular complexity index is 621. The van der Waals surface area contributed by atoms with E-state index < -0.39 is 0 Å². The second kappa shape index (κ2) is 8.37. The van der Waals surface area contributed by atoms with Gasteiger partial charge in [0.15, 0.2) is 0 Å². The Balaban J connectivity index is 2.31. The highest BCUT2D eigenvalue weighted by molar-refractivity contribution is 5.86. The Morgan fingerprint density at radius 1 is 1.00 bits per heavy atom. The Hall–Kier alpha value is -2.29. The minimum absolute atomic E-state index is 0.114. The molecule has 0 aliphatic carbocycles. The molecule has 2 aromatic rings. The number of carbonyl (C=O) groups is 1. The number of amides is 1. The van der Waals surface area contributed by atoms with Crippen LogP contribution >= 0.6 is 0 Å². The van der Waals surface area contributed by atoms with Crippen molar-refractivity contribution < 1.29 is 4.79 Å². The van der Waals surface area contributed by atoms with Crippen LogP contribution in [0.1, 0.15) is 37.9 Å². The molecule has 0 radical (unpaired) electrons. The molecule has 1 N–H and O–H groups in total. The molecule has 0 saturated heterocycles. The monoisotopic (exact) mass is 310 g/mol. The minimum Gasteiger partial charge on any atom is -0.370 e. The molecule has 23 heavy (non-hydrogen) atoms. The van der Waals surface area contributed by atoms with Crippen molar-refractivity contribution in [1.82, 2.24) is 4.90 Å². The van der Waals surface area contributed by atoms with Gasteiger partial charge in [-0.05, 0) is 43.5 Å². The summed E-state index contributed by atoms with van der Waals surface area (Å²) in [6.45, 7) is 7.60. The molecule has 3 nitrogen and oxygen atoms in total. The Labute approximate surface area is 139 Å². The molecule has 2 rings (SSSR count). The highest BCUT2D eigenvalue weighted by Crippen LogP contribution is 2.23. The van der Waals surface area contributed by atoms with E-state index in [4.69, 9.17) is 0 Å². The molecule has 0 aliphatic heterocycles. The predicted molar refractivity (Wildman–Crippen MR) is 96.6 cm³/mol. The van der Waals surface area contributed by atoms with Gasteiger partial charge in [-0.25, -0.2) is 0 Å². The average Bonchev–Trinajstić information content (AvgIpc) is 2.61. The number of rotatable bonds is 7. The lowest BCUT2D eigenvalue weighted by Crippen LogP contribution is -2.37. The fourth-order valence-electron chi connectivity index (χ4n) is 2.70. The van der Waals surface area contributed by atoms with E-state index in [1.54, 1.807) is 0 Å². The Morgan fingerprint density at radius 2 is 1.70 bits per heavy atom. The first-order valence-corrected chi connectivity index (χ1v) is 8.38. The number of nitrogens with one attached hydrogen (secondary N) is 1. The maximum Gasteiger partial charge on any atom is 0.249 e. The number of anilines is 1. The number of hydrogen-bond donors (Lipinski definition) is 1. The van der Waals surface area contributed by atoms with E-state index in [1.807, 2.05) is 61.2 Å². The fourth-order valence-corrected chi connectivity index (χ4v) is 2.70. The van der Waals surface area contributed by atoms with Crippen LogP contribution in [-0.2, 0) is 11.2 Å². The molecule has 0 fully saturated rings. The quantitative estimate of drug-likeness (QED) is 0.828. The van der Waals surface area contributed by atoms with Crippen LogP contribution in [0.25, 0.3) is 0 Å². The zero-order valence-corrected chi connectivity index (χ0v) is 14.3. The standard InChI is InChI=1S/C20H26N2O/c1-4-16-11-10-14-18(15-16)21-19(17-12-8-7-9-13-17)20(23)22(5-2)6-3/h7-15,19,21H,4-6H2,1-3H3/t19-/m0/s1. The van der Waals surface area contributed by atoms with Gasteiger partial charge in [0.1, 0.15) is 6.04 Å². The molecule has 0 saturated carbocycles. The van der Waals surface area contributed by atoms with E-state index in [0.29, 0.717) is 0 Å². The van der Waals surface area contributed by atoms with Gasteiger partial charge >= 0.3 is 0 Å². The lowest BCUT2D eigenvalue weighted by Gasteiger charge is -2.27. The zero-order chi connectivity index (χ0) is 16.7. The number of hydrogen-bond acceptors (Lipinski definition) is 2. The summed E-state index contributed by atoms with van der Waals surface area (Å²) < 4.78 is 0. The van der Waals surface area contributed by atoms with Crippen molar-refractivity contribution in [3.05, 3.63) is 65.7 Å². The fraction of sp³-hybridized carbons (Fsp3) is 0.350. The maximum absolute atomic E-state index is 12.9. The molecule has 0 heterocycles. The molecule has 1 amide bonds. The van der Waals surface area contributed by atoms with Gasteiger partial charge in [0.05, 0.1) is 0 Å². The number of benzene rings is 2. The van der Waals surface area contributed by atoms with Gasteiger partial charge in [-0.1, -0.05) is 49.4 Å². The Morgan fingerprint density at radius 3 is 2.30 bits per heavy atom. The van der Waals surface area contributed by atoms with Gasteiger partial charge in [-0.3, -0.25) is 4.79 Å². The zero-order valence-electron chi connectivity index (χ0n) is 14.3. The van der Waals surface area contributed by atoms with Gasteiger partial charge in [0.2, 0.25) is 5.91 Å². The van der Waals surface area contributed by atoms with Gasteiger partial charge < -0.3 is 10.2 Å². The van der Waals surface area contributed by atoms with E-state index in [2.05, 4.69) is 24.4 Å². The number of carbonyl (C=O) groups excluding carboxylic acids is 1. The maximum atomic E-state index is 12.9. The van der Waals surface area contributed by atoms with Crippen LogP contribution in [0.5, 0.6) is 0 Å². The van der Waals surface area contributed by atoms with E-state index in [1.165, 1.54) is 5.56 Å². The normalized spacial score (nSPS) is 11.8. The number of likely N-dealkylation sites (N-methyl/N-ethyl adjacent to an activating group) is 1. The third-order valence-corrected chi connectivity index (χ3v) is 4.10. The first kappa shape index (κ1) is 17.1. The average molecular weight is 310 g/mol. The van der Waals surface area contributed by atoms with Gasteiger partial charge in [-0.2, -0.15) is 0 Å². The summed E-state index contributed by atoms with van der Waals surface area (Å²) in [6, 6.07) is 17.8. The smallest absolute Gasteiger partial charge is 0.249 e. The van der Waals surface area contributed by atoms with Crippen molar-refractivity contribution in [3.63, 3.8) is 0 Å². The molecule has 1 atom stereocenters. The highest BCUT2D eigenvalue weighted by atomic mass is 16.2. The van der Waals surface area contributed by atoms with Crippen molar-refractivity contribution in [2.24, 2.45) is 0 Å². The molecule has 0 spiro atoms. The number of nitrogens with zero attached hydrogens (tertiary/aromatic N) is 1. The largest absolute Gasteiger partial charge is 0.370 e. The third kappa shape index (κ3) is 4.35. The van der Waals surface area contributed by atoms with Crippen LogP contribution < -0.4 is 5.32 Å². The predicted octanol–water partition coefficient (Wildman–Crippen LogP) is 4.27. The van der Waals surface area contributed by atoms with Crippen molar-refractivity contribution in [1.29, 1.82) is 0 Å². The van der Waals surface area contributed by atoms with E-state index in [-0.39, 0.29) is 11.9 Å². The second-order valence-electron chi connectivity index (χ2n) is 5.55. The van der Waals surface area contributed by atoms with Crippen LogP contribution in [-0.4, -0.2) is 23.9 Å². The molecule has 2 aromatic carbocycles. The molecular formula is C20H26N2O. The van der Waals surface area contributed by atoms with Gasteiger partial charge in [0.25, 0.3) is 0 Å². The van der Waals surface area contributed by atoms with E-state index in [0.717, 1.165) is 30.8 Å². The van der Waals surface area contributed by atoms with Crippen molar-refractivity contribution >= 4 is 11.6 Å². The molecule has 0 bridgehead atoms. The molecule has 122 valence electrons. The Kier molecular flexibility index (Phi) is 6.21. The first-order valence-electron chi connectivity index (χ1n) is 8.38. The molecular weight excluding hydrogens is 284 g/mol. The van der Waals surface area contributed by atoms with Crippen LogP contribution in [0, 0.1) is 0 Å². The SMILES string of the molecule is CCc1cccc(N[C@H](C(=O)N(CC)CC)c2ccccc2)c1. The van der Waals surface area contributed by atoms with Crippen LogP contribution in [0.4, 0.5) is 5.69 Å². The lowest BCUT2D eigenvalue weighted by atomic mass is 10.0. The first-order chi connectivity index (χ1) is 11.2. The lowest BCUT2D eigenvalue weighted by molar-refractivity contribution is -0.131. The van der Waals surface area contributed by atoms with E-state index >= 15 is 0 Å². The summed E-state index contributed by atoms with van der Waals surface area (Å²) in [6.07, 6.45) is 0.982. The van der Waals surface area contributed by atoms with Crippen molar-refractivity contribution in [3.8, 4) is 0 Å². The summed E-state index contributed by atoms with van der Waals surface area (Å²) in [5.41, 5.74) is 3.24. The summed E-state index contributed by atoms with van der Waals surface area (Å²) in [5.74, 6) is 0.114. The molecule has 0 unspecified atom stereocenters. The van der Waals surface area contributed by atoms with Crippen molar-refractivity contribution in [2.45, 2.75) is 33.2 Å².